The molecule has 0 aliphatic carbocycles. The van der Waals surface area contributed by atoms with Gasteiger partial charge < -0.3 is 14.6 Å². The largest absolute Gasteiger partial charge is 0.460 e. The van der Waals surface area contributed by atoms with Crippen LogP contribution in [-0.4, -0.2) is 36.4 Å². The van der Waals surface area contributed by atoms with Gasteiger partial charge >= 0.3 is 0 Å². The molecule has 1 aliphatic rings. The first-order chi connectivity index (χ1) is 9.24. The van der Waals surface area contributed by atoms with Gasteiger partial charge in [-0.1, -0.05) is 0 Å². The van der Waals surface area contributed by atoms with Gasteiger partial charge in [0.05, 0.1) is 0 Å². The molecular weight excluding hydrogens is 240 g/mol. The summed E-state index contributed by atoms with van der Waals surface area (Å²) in [5, 5.41) is 12.0. The van der Waals surface area contributed by atoms with Gasteiger partial charge in [-0.2, -0.15) is 0 Å². The van der Waals surface area contributed by atoms with Gasteiger partial charge in [0.15, 0.2) is 11.6 Å². The summed E-state index contributed by atoms with van der Waals surface area (Å²) < 4.78 is 5.58. The molecule has 1 aliphatic heterocycles. The number of rotatable bonds is 2. The zero-order valence-corrected chi connectivity index (χ0v) is 11.3. The van der Waals surface area contributed by atoms with Gasteiger partial charge in [-0.25, -0.2) is 0 Å². The van der Waals surface area contributed by atoms with E-state index in [0.717, 1.165) is 54.8 Å². The monoisotopic (exact) mass is 258 g/mol. The molecule has 2 aromatic rings. The lowest BCUT2D eigenvalue weighted by atomic mass is 10.2. The van der Waals surface area contributed by atoms with E-state index in [0.29, 0.717) is 0 Å². The van der Waals surface area contributed by atoms with Crippen molar-refractivity contribution in [2.75, 3.05) is 31.1 Å². The molecule has 100 valence electrons. The van der Waals surface area contributed by atoms with Crippen molar-refractivity contribution >= 4 is 5.82 Å². The molecule has 0 aromatic carbocycles. The lowest BCUT2D eigenvalue weighted by molar-refractivity contribution is 0.544. The van der Waals surface area contributed by atoms with Crippen LogP contribution in [-0.2, 0) is 0 Å². The highest BCUT2D eigenvalue weighted by Crippen LogP contribution is 2.24. The standard InChI is InChI=1S/C14H18N4O/c1-10-9-12(13-4-3-11(2)19-13)16-17-14(10)18-7-5-15-6-8-18/h3-4,9,15H,5-8H2,1-2H3. The Morgan fingerprint density at radius 3 is 2.58 bits per heavy atom. The van der Waals surface area contributed by atoms with E-state index in [1.807, 2.05) is 25.1 Å². The van der Waals surface area contributed by atoms with Crippen LogP contribution in [0.1, 0.15) is 11.3 Å². The maximum atomic E-state index is 5.58. The van der Waals surface area contributed by atoms with E-state index in [1.54, 1.807) is 0 Å². The first-order valence-electron chi connectivity index (χ1n) is 6.61. The smallest absolute Gasteiger partial charge is 0.154 e. The fourth-order valence-electron chi connectivity index (χ4n) is 2.36. The number of hydrogen-bond donors (Lipinski definition) is 1. The van der Waals surface area contributed by atoms with E-state index < -0.39 is 0 Å². The van der Waals surface area contributed by atoms with Crippen molar-refractivity contribution in [1.29, 1.82) is 0 Å². The van der Waals surface area contributed by atoms with Gasteiger partial charge in [0.25, 0.3) is 0 Å². The Morgan fingerprint density at radius 2 is 1.95 bits per heavy atom. The molecule has 1 fully saturated rings. The Labute approximate surface area is 112 Å². The molecule has 3 rings (SSSR count). The van der Waals surface area contributed by atoms with Gasteiger partial charge in [-0.15, -0.1) is 10.2 Å². The van der Waals surface area contributed by atoms with Crippen molar-refractivity contribution < 1.29 is 4.42 Å². The number of nitrogens with one attached hydrogen (secondary N) is 1. The molecule has 0 amide bonds. The highest BCUT2D eigenvalue weighted by Gasteiger charge is 2.16. The molecule has 0 radical (unpaired) electrons. The minimum Gasteiger partial charge on any atom is -0.460 e. The highest BCUT2D eigenvalue weighted by molar-refractivity contribution is 5.57. The zero-order chi connectivity index (χ0) is 13.2. The van der Waals surface area contributed by atoms with E-state index in [4.69, 9.17) is 4.42 Å². The number of nitrogens with zero attached hydrogens (tertiary/aromatic N) is 3. The van der Waals surface area contributed by atoms with Gasteiger partial charge in [0.2, 0.25) is 0 Å². The fourth-order valence-corrected chi connectivity index (χ4v) is 2.36. The number of aryl methyl sites for hydroxylation is 2. The Kier molecular flexibility index (Phi) is 3.21. The summed E-state index contributed by atoms with van der Waals surface area (Å²) in [6.07, 6.45) is 0. The van der Waals surface area contributed by atoms with Crippen LogP contribution in [0.5, 0.6) is 0 Å². The van der Waals surface area contributed by atoms with Crippen LogP contribution in [0.3, 0.4) is 0 Å². The molecule has 19 heavy (non-hydrogen) atoms. The Balaban J connectivity index is 1.89. The predicted octanol–water partition coefficient (Wildman–Crippen LogP) is 1.76. The summed E-state index contributed by atoms with van der Waals surface area (Å²) in [4.78, 5) is 2.27. The summed E-state index contributed by atoms with van der Waals surface area (Å²) in [7, 11) is 0. The SMILES string of the molecule is Cc1ccc(-c2cc(C)c(N3CCNCC3)nn2)o1. The second-order valence-corrected chi connectivity index (χ2v) is 4.88. The van der Waals surface area contributed by atoms with E-state index in [1.165, 1.54) is 0 Å². The van der Waals surface area contributed by atoms with Crippen LogP contribution < -0.4 is 10.2 Å². The molecule has 0 unspecified atom stereocenters. The van der Waals surface area contributed by atoms with Crippen LogP contribution in [0.2, 0.25) is 0 Å². The molecule has 0 bridgehead atoms. The van der Waals surface area contributed by atoms with Gasteiger partial charge in [0.1, 0.15) is 11.5 Å². The topological polar surface area (TPSA) is 54.2 Å². The molecule has 0 spiro atoms. The van der Waals surface area contributed by atoms with Crippen molar-refractivity contribution in [3.8, 4) is 11.5 Å². The lowest BCUT2D eigenvalue weighted by Gasteiger charge is -2.29. The maximum Gasteiger partial charge on any atom is 0.154 e. The molecule has 0 saturated carbocycles. The lowest BCUT2D eigenvalue weighted by Crippen LogP contribution is -2.44. The highest BCUT2D eigenvalue weighted by atomic mass is 16.3. The third-order valence-electron chi connectivity index (χ3n) is 3.37. The number of furan rings is 1. The van der Waals surface area contributed by atoms with Gasteiger partial charge in [-0.05, 0) is 37.6 Å². The first kappa shape index (κ1) is 12.2. The van der Waals surface area contributed by atoms with Crippen LogP contribution in [0.15, 0.2) is 22.6 Å². The summed E-state index contributed by atoms with van der Waals surface area (Å²) in [5.41, 5.74) is 1.94. The van der Waals surface area contributed by atoms with Gasteiger partial charge in [-0.3, -0.25) is 0 Å². The van der Waals surface area contributed by atoms with Crippen molar-refractivity contribution in [2.45, 2.75) is 13.8 Å². The van der Waals surface area contributed by atoms with Crippen molar-refractivity contribution in [3.05, 3.63) is 29.5 Å². The van der Waals surface area contributed by atoms with Crippen molar-refractivity contribution in [2.24, 2.45) is 0 Å². The van der Waals surface area contributed by atoms with E-state index in [9.17, 15) is 0 Å². The number of aromatic nitrogens is 2. The Morgan fingerprint density at radius 1 is 1.16 bits per heavy atom. The molecule has 2 aromatic heterocycles. The molecule has 5 heteroatoms. The fraction of sp³-hybridized carbons (Fsp3) is 0.429. The normalized spacial score (nSPS) is 15.8. The number of hydrogen-bond acceptors (Lipinski definition) is 5. The van der Waals surface area contributed by atoms with E-state index in [2.05, 4.69) is 27.3 Å². The number of anilines is 1. The molecule has 1 saturated heterocycles. The quantitative estimate of drug-likeness (QED) is 0.889. The molecule has 5 nitrogen and oxygen atoms in total. The second-order valence-electron chi connectivity index (χ2n) is 4.88. The van der Waals surface area contributed by atoms with Crippen LogP contribution in [0.25, 0.3) is 11.5 Å². The molecule has 1 N–H and O–H groups in total. The third-order valence-corrected chi connectivity index (χ3v) is 3.37. The Hall–Kier alpha value is -1.88. The third kappa shape index (κ3) is 2.46. The number of piperazine rings is 1. The zero-order valence-electron chi connectivity index (χ0n) is 11.3. The minimum absolute atomic E-state index is 0.778. The molecule has 3 heterocycles. The van der Waals surface area contributed by atoms with E-state index in [-0.39, 0.29) is 0 Å². The van der Waals surface area contributed by atoms with Crippen LogP contribution in [0, 0.1) is 13.8 Å². The molecular formula is C14H18N4O. The Bertz CT molecular complexity index is 573. The average molecular weight is 258 g/mol. The van der Waals surface area contributed by atoms with E-state index >= 15 is 0 Å². The summed E-state index contributed by atoms with van der Waals surface area (Å²) in [5.74, 6) is 2.65. The van der Waals surface area contributed by atoms with Crippen LogP contribution >= 0.6 is 0 Å². The summed E-state index contributed by atoms with van der Waals surface area (Å²) >= 11 is 0. The van der Waals surface area contributed by atoms with Crippen molar-refractivity contribution in [1.82, 2.24) is 15.5 Å². The summed E-state index contributed by atoms with van der Waals surface area (Å²) in [6, 6.07) is 5.92. The average Bonchev–Trinajstić information content (AvgIpc) is 2.86. The van der Waals surface area contributed by atoms with Crippen molar-refractivity contribution in [3.63, 3.8) is 0 Å². The maximum absolute atomic E-state index is 5.58. The van der Waals surface area contributed by atoms with Gasteiger partial charge in [0, 0.05) is 26.2 Å². The predicted molar refractivity (Wildman–Crippen MR) is 74.3 cm³/mol. The minimum atomic E-state index is 0.778. The molecule has 0 atom stereocenters. The first-order valence-corrected chi connectivity index (χ1v) is 6.61. The second kappa shape index (κ2) is 5.01. The van der Waals surface area contributed by atoms with Crippen LogP contribution in [0.4, 0.5) is 5.82 Å². The summed E-state index contributed by atoms with van der Waals surface area (Å²) in [6.45, 7) is 7.97.